The summed E-state index contributed by atoms with van der Waals surface area (Å²) in [4.78, 5) is 8.50. The molecule has 5 heteroatoms. The fourth-order valence-electron chi connectivity index (χ4n) is 1.65. The highest BCUT2D eigenvalue weighted by Crippen LogP contribution is 2.20. The van der Waals surface area contributed by atoms with Gasteiger partial charge in [-0.1, -0.05) is 25.9 Å². The van der Waals surface area contributed by atoms with E-state index in [0.29, 0.717) is 24.3 Å². The van der Waals surface area contributed by atoms with Gasteiger partial charge in [-0.3, -0.25) is 4.98 Å². The van der Waals surface area contributed by atoms with Crippen LogP contribution >= 0.6 is 0 Å². The molecule has 0 aliphatic carbocycles. The molecule has 96 valence electrons. The van der Waals surface area contributed by atoms with Gasteiger partial charge >= 0.3 is 0 Å². The van der Waals surface area contributed by atoms with E-state index in [-0.39, 0.29) is 0 Å². The van der Waals surface area contributed by atoms with E-state index in [2.05, 4.69) is 41.2 Å². The molecule has 2 aromatic rings. The van der Waals surface area contributed by atoms with Crippen LogP contribution < -0.4 is 5.32 Å². The number of nitrogens with one attached hydrogen (secondary N) is 1. The van der Waals surface area contributed by atoms with E-state index in [1.165, 1.54) is 0 Å². The molecule has 0 amide bonds. The molecule has 0 unspecified atom stereocenters. The molecule has 2 aromatic heterocycles. The van der Waals surface area contributed by atoms with Crippen molar-refractivity contribution < 1.29 is 4.52 Å². The van der Waals surface area contributed by atoms with Crippen molar-refractivity contribution in [3.63, 3.8) is 0 Å². The molecule has 18 heavy (non-hydrogen) atoms. The van der Waals surface area contributed by atoms with Crippen LogP contribution in [0.25, 0.3) is 11.4 Å². The van der Waals surface area contributed by atoms with Crippen LogP contribution in [0.3, 0.4) is 0 Å². The molecule has 0 bridgehead atoms. The van der Waals surface area contributed by atoms with Crippen molar-refractivity contribution in [2.45, 2.75) is 39.8 Å². The Morgan fingerprint density at radius 1 is 1.39 bits per heavy atom. The normalized spacial score (nSPS) is 11.1. The molecule has 1 N–H and O–H groups in total. The Morgan fingerprint density at radius 2 is 2.22 bits per heavy atom. The maximum Gasteiger partial charge on any atom is 0.240 e. The molecule has 0 spiro atoms. The molecule has 0 radical (unpaired) electrons. The maximum atomic E-state index is 5.22. The summed E-state index contributed by atoms with van der Waals surface area (Å²) in [5.74, 6) is 1.24. The highest BCUT2D eigenvalue weighted by molar-refractivity contribution is 5.58. The summed E-state index contributed by atoms with van der Waals surface area (Å²) in [6.45, 7) is 6.84. The molecule has 2 heterocycles. The number of nitrogens with zero attached hydrogens (tertiary/aromatic N) is 3. The molecule has 0 aromatic carbocycles. The monoisotopic (exact) mass is 246 g/mol. The number of aromatic nitrogens is 3. The number of hydrogen-bond acceptors (Lipinski definition) is 5. The second-order valence-electron chi connectivity index (χ2n) is 4.43. The van der Waals surface area contributed by atoms with Crippen LogP contribution in [-0.4, -0.2) is 21.2 Å². The fraction of sp³-hybridized carbons (Fsp3) is 0.462. The van der Waals surface area contributed by atoms with E-state index in [1.54, 1.807) is 6.20 Å². The van der Waals surface area contributed by atoms with Crippen molar-refractivity contribution in [2.24, 2.45) is 0 Å². The molecule has 5 nitrogen and oxygen atoms in total. The van der Waals surface area contributed by atoms with E-state index in [4.69, 9.17) is 4.52 Å². The quantitative estimate of drug-likeness (QED) is 0.876. The van der Waals surface area contributed by atoms with Gasteiger partial charge in [0.2, 0.25) is 11.7 Å². The minimum Gasteiger partial charge on any atom is -0.338 e. The molecule has 0 aliphatic heterocycles. The summed E-state index contributed by atoms with van der Waals surface area (Å²) in [6, 6.07) is 2.32. The van der Waals surface area contributed by atoms with Crippen molar-refractivity contribution in [1.82, 2.24) is 20.4 Å². The van der Waals surface area contributed by atoms with E-state index in [0.717, 1.165) is 17.5 Å². The Bertz CT molecular complexity index is 507. The first-order valence-corrected chi connectivity index (χ1v) is 6.20. The van der Waals surface area contributed by atoms with Crippen molar-refractivity contribution in [2.75, 3.05) is 0 Å². The van der Waals surface area contributed by atoms with Crippen LogP contribution in [-0.2, 0) is 13.0 Å². The lowest BCUT2D eigenvalue weighted by Gasteiger charge is -2.03. The average molecular weight is 246 g/mol. The SMILES string of the molecule is CCc1cnccc1-c1noc(CNC(C)C)n1. The third-order valence-electron chi connectivity index (χ3n) is 2.66. The van der Waals surface area contributed by atoms with Crippen LogP contribution in [0.1, 0.15) is 32.2 Å². The third kappa shape index (κ3) is 2.92. The zero-order valence-corrected chi connectivity index (χ0v) is 11.0. The van der Waals surface area contributed by atoms with E-state index >= 15 is 0 Å². The van der Waals surface area contributed by atoms with Gasteiger partial charge < -0.3 is 9.84 Å². The molecule has 0 aliphatic rings. The van der Waals surface area contributed by atoms with Crippen LogP contribution in [0.2, 0.25) is 0 Å². The van der Waals surface area contributed by atoms with Gasteiger partial charge in [-0.2, -0.15) is 4.98 Å². The molecule has 0 atom stereocenters. The number of rotatable bonds is 5. The van der Waals surface area contributed by atoms with Gasteiger partial charge in [0.05, 0.1) is 6.54 Å². The first-order valence-electron chi connectivity index (χ1n) is 6.20. The Labute approximate surface area is 107 Å². The predicted molar refractivity (Wildman–Crippen MR) is 68.9 cm³/mol. The Balaban J connectivity index is 2.18. The van der Waals surface area contributed by atoms with Gasteiger partial charge in [-0.15, -0.1) is 0 Å². The smallest absolute Gasteiger partial charge is 0.240 e. The van der Waals surface area contributed by atoms with Gasteiger partial charge in [-0.05, 0) is 18.1 Å². The minimum atomic E-state index is 0.396. The maximum absolute atomic E-state index is 5.22. The lowest BCUT2D eigenvalue weighted by atomic mass is 10.1. The molecule has 0 fully saturated rings. The Morgan fingerprint density at radius 3 is 2.94 bits per heavy atom. The van der Waals surface area contributed by atoms with Gasteiger partial charge in [0.1, 0.15) is 0 Å². The largest absolute Gasteiger partial charge is 0.338 e. The van der Waals surface area contributed by atoms with Crippen molar-refractivity contribution >= 4 is 0 Å². The molecular formula is C13H18N4O. The zero-order valence-electron chi connectivity index (χ0n) is 11.0. The summed E-state index contributed by atoms with van der Waals surface area (Å²) in [5.41, 5.74) is 2.12. The predicted octanol–water partition coefficient (Wildman–Crippen LogP) is 2.19. The molecule has 0 saturated carbocycles. The first-order chi connectivity index (χ1) is 8.70. The van der Waals surface area contributed by atoms with E-state index in [1.807, 2.05) is 12.3 Å². The highest BCUT2D eigenvalue weighted by atomic mass is 16.5. The van der Waals surface area contributed by atoms with Gasteiger partial charge in [-0.25, -0.2) is 0 Å². The number of hydrogen-bond donors (Lipinski definition) is 1. The summed E-state index contributed by atoms with van der Waals surface area (Å²) in [6.07, 6.45) is 4.49. The van der Waals surface area contributed by atoms with Crippen molar-refractivity contribution in [1.29, 1.82) is 0 Å². The average Bonchev–Trinajstić information content (AvgIpc) is 2.85. The highest BCUT2D eigenvalue weighted by Gasteiger charge is 2.11. The van der Waals surface area contributed by atoms with E-state index in [9.17, 15) is 0 Å². The van der Waals surface area contributed by atoms with Crippen LogP contribution in [0.5, 0.6) is 0 Å². The zero-order chi connectivity index (χ0) is 13.0. The van der Waals surface area contributed by atoms with Crippen molar-refractivity contribution in [3.05, 3.63) is 29.9 Å². The van der Waals surface area contributed by atoms with E-state index < -0.39 is 0 Å². The standard InChI is InChI=1S/C13H18N4O/c1-4-10-7-14-6-5-11(10)13-16-12(18-17-13)8-15-9(2)3/h5-7,9,15H,4,8H2,1-3H3. The summed E-state index contributed by atoms with van der Waals surface area (Å²) >= 11 is 0. The topological polar surface area (TPSA) is 63.8 Å². The van der Waals surface area contributed by atoms with Gasteiger partial charge in [0, 0.05) is 24.0 Å². The second kappa shape index (κ2) is 5.73. The number of aryl methyl sites for hydroxylation is 1. The minimum absolute atomic E-state index is 0.396. The number of pyridine rings is 1. The fourth-order valence-corrected chi connectivity index (χ4v) is 1.65. The van der Waals surface area contributed by atoms with Crippen LogP contribution in [0.4, 0.5) is 0 Å². The van der Waals surface area contributed by atoms with Gasteiger partial charge in [0.15, 0.2) is 0 Å². The van der Waals surface area contributed by atoms with Crippen LogP contribution in [0, 0.1) is 0 Å². The lowest BCUT2D eigenvalue weighted by molar-refractivity contribution is 0.362. The summed E-state index contributed by atoms with van der Waals surface area (Å²) in [7, 11) is 0. The first kappa shape index (κ1) is 12.7. The molecular weight excluding hydrogens is 228 g/mol. The lowest BCUT2D eigenvalue weighted by Crippen LogP contribution is -2.21. The van der Waals surface area contributed by atoms with Crippen LogP contribution in [0.15, 0.2) is 23.0 Å². The summed E-state index contributed by atoms with van der Waals surface area (Å²) < 4.78 is 5.22. The Hall–Kier alpha value is -1.75. The second-order valence-corrected chi connectivity index (χ2v) is 4.43. The molecule has 2 rings (SSSR count). The summed E-state index contributed by atoms with van der Waals surface area (Å²) in [5, 5.41) is 7.27. The third-order valence-corrected chi connectivity index (χ3v) is 2.66. The molecule has 0 saturated heterocycles. The Kier molecular flexibility index (Phi) is 4.04. The van der Waals surface area contributed by atoms with Gasteiger partial charge in [0.25, 0.3) is 0 Å². The van der Waals surface area contributed by atoms with Crippen molar-refractivity contribution in [3.8, 4) is 11.4 Å².